The summed E-state index contributed by atoms with van der Waals surface area (Å²) < 4.78 is 0. The molecule has 0 atom stereocenters. The molecule has 5 heteroatoms. The van der Waals surface area contributed by atoms with Crippen molar-refractivity contribution in [2.45, 2.75) is 26.7 Å². The topological polar surface area (TPSA) is 52.7 Å². The van der Waals surface area contributed by atoms with E-state index in [1.807, 2.05) is 6.92 Å². The van der Waals surface area contributed by atoms with Gasteiger partial charge in [-0.2, -0.15) is 0 Å². The van der Waals surface area contributed by atoms with Crippen molar-refractivity contribution in [2.75, 3.05) is 39.3 Å². The molecule has 0 aromatic carbocycles. The molecular formula is C14H25N3O2. The van der Waals surface area contributed by atoms with Crippen molar-refractivity contribution in [3.63, 3.8) is 0 Å². The lowest BCUT2D eigenvalue weighted by Crippen LogP contribution is -2.54. The van der Waals surface area contributed by atoms with Gasteiger partial charge in [0, 0.05) is 19.6 Å². The second-order valence-electron chi connectivity index (χ2n) is 4.99. The average Bonchev–Trinajstić information content (AvgIpc) is 2.36. The molecule has 19 heavy (non-hydrogen) atoms. The van der Waals surface area contributed by atoms with E-state index in [2.05, 4.69) is 18.8 Å². The third kappa shape index (κ3) is 5.03. The number of nitrogens with zero attached hydrogens (tertiary/aromatic N) is 2. The van der Waals surface area contributed by atoms with Gasteiger partial charge in [0.2, 0.25) is 11.8 Å². The molecule has 1 fully saturated rings. The molecule has 5 nitrogen and oxygen atoms in total. The standard InChI is InChI=1S/C14H25N3O2/c1-4-6-15-8-12(3)9-17-11-13(18)16(7-5-2)10-14(17)19/h15H,3-11H2,1-2H3. The zero-order valence-corrected chi connectivity index (χ0v) is 12.1. The van der Waals surface area contributed by atoms with Crippen LogP contribution in [-0.4, -0.2) is 60.9 Å². The van der Waals surface area contributed by atoms with Crippen LogP contribution in [0.3, 0.4) is 0 Å². The normalized spacial score (nSPS) is 16.1. The summed E-state index contributed by atoms with van der Waals surface area (Å²) in [5.74, 6) is 0.0560. The summed E-state index contributed by atoms with van der Waals surface area (Å²) in [6.07, 6.45) is 1.95. The summed E-state index contributed by atoms with van der Waals surface area (Å²) in [5, 5.41) is 3.25. The summed E-state index contributed by atoms with van der Waals surface area (Å²) in [6, 6.07) is 0. The molecular weight excluding hydrogens is 242 g/mol. The van der Waals surface area contributed by atoms with Crippen molar-refractivity contribution in [1.29, 1.82) is 0 Å². The average molecular weight is 267 g/mol. The van der Waals surface area contributed by atoms with Crippen molar-refractivity contribution in [1.82, 2.24) is 15.1 Å². The molecule has 1 aliphatic rings. The molecule has 0 radical (unpaired) electrons. The first-order valence-corrected chi connectivity index (χ1v) is 7.01. The third-order valence-electron chi connectivity index (χ3n) is 3.07. The first-order valence-electron chi connectivity index (χ1n) is 7.01. The van der Waals surface area contributed by atoms with Crippen LogP contribution in [-0.2, 0) is 9.59 Å². The number of piperazine rings is 1. The number of carbonyl (C=O) groups is 2. The highest BCUT2D eigenvalue weighted by atomic mass is 16.2. The molecule has 1 saturated heterocycles. The molecule has 0 aliphatic carbocycles. The fourth-order valence-electron chi connectivity index (χ4n) is 2.09. The molecule has 1 rings (SSSR count). The molecule has 0 aromatic heterocycles. The number of carbonyl (C=O) groups excluding carboxylic acids is 2. The van der Waals surface area contributed by atoms with Gasteiger partial charge in [0.25, 0.3) is 0 Å². The van der Waals surface area contributed by atoms with Crippen LogP contribution >= 0.6 is 0 Å². The van der Waals surface area contributed by atoms with E-state index in [1.165, 1.54) is 0 Å². The minimum Gasteiger partial charge on any atom is -0.332 e. The fraction of sp³-hybridized carbons (Fsp3) is 0.714. The lowest BCUT2D eigenvalue weighted by atomic mass is 10.2. The van der Waals surface area contributed by atoms with Gasteiger partial charge in [0.05, 0.1) is 6.54 Å². The van der Waals surface area contributed by atoms with Crippen molar-refractivity contribution in [2.24, 2.45) is 0 Å². The Kier molecular flexibility index (Phi) is 6.56. The Morgan fingerprint density at radius 3 is 2.42 bits per heavy atom. The van der Waals surface area contributed by atoms with E-state index in [9.17, 15) is 9.59 Å². The van der Waals surface area contributed by atoms with E-state index in [-0.39, 0.29) is 24.9 Å². The fourth-order valence-corrected chi connectivity index (χ4v) is 2.09. The number of amides is 2. The van der Waals surface area contributed by atoms with Crippen LogP contribution in [0.25, 0.3) is 0 Å². The molecule has 0 saturated carbocycles. The molecule has 0 unspecified atom stereocenters. The Hall–Kier alpha value is -1.36. The van der Waals surface area contributed by atoms with Crippen molar-refractivity contribution in [3.8, 4) is 0 Å². The Morgan fingerprint density at radius 2 is 1.79 bits per heavy atom. The largest absolute Gasteiger partial charge is 0.332 e. The Bertz CT molecular complexity index is 342. The smallest absolute Gasteiger partial charge is 0.242 e. The van der Waals surface area contributed by atoms with Gasteiger partial charge in [0.1, 0.15) is 6.54 Å². The summed E-state index contributed by atoms with van der Waals surface area (Å²) >= 11 is 0. The number of nitrogens with one attached hydrogen (secondary N) is 1. The van der Waals surface area contributed by atoms with Crippen LogP contribution in [0.2, 0.25) is 0 Å². The maximum absolute atomic E-state index is 12.0. The highest BCUT2D eigenvalue weighted by molar-refractivity contribution is 5.92. The van der Waals surface area contributed by atoms with Gasteiger partial charge in [0.15, 0.2) is 0 Å². The van der Waals surface area contributed by atoms with E-state index >= 15 is 0 Å². The van der Waals surface area contributed by atoms with Crippen LogP contribution in [0.5, 0.6) is 0 Å². The van der Waals surface area contributed by atoms with E-state index in [0.717, 1.165) is 25.0 Å². The first kappa shape index (κ1) is 15.7. The maximum atomic E-state index is 12.0. The third-order valence-corrected chi connectivity index (χ3v) is 3.07. The van der Waals surface area contributed by atoms with Crippen LogP contribution in [0, 0.1) is 0 Å². The number of rotatable bonds is 8. The summed E-state index contributed by atoms with van der Waals surface area (Å²) in [6.45, 7) is 11.2. The van der Waals surface area contributed by atoms with Crippen LogP contribution in [0.1, 0.15) is 26.7 Å². The molecule has 1 heterocycles. The van der Waals surface area contributed by atoms with E-state index in [0.29, 0.717) is 19.6 Å². The molecule has 108 valence electrons. The predicted molar refractivity (Wildman–Crippen MR) is 75.8 cm³/mol. The van der Waals surface area contributed by atoms with Gasteiger partial charge in [-0.15, -0.1) is 0 Å². The van der Waals surface area contributed by atoms with Crippen LogP contribution in [0.4, 0.5) is 0 Å². The molecule has 0 spiro atoms. The van der Waals surface area contributed by atoms with Gasteiger partial charge < -0.3 is 15.1 Å². The van der Waals surface area contributed by atoms with Gasteiger partial charge in [-0.1, -0.05) is 20.4 Å². The molecule has 1 N–H and O–H groups in total. The lowest BCUT2D eigenvalue weighted by molar-refractivity contribution is -0.149. The lowest BCUT2D eigenvalue weighted by Gasteiger charge is -2.34. The van der Waals surface area contributed by atoms with Gasteiger partial charge in [-0.25, -0.2) is 0 Å². The maximum Gasteiger partial charge on any atom is 0.242 e. The van der Waals surface area contributed by atoms with Crippen molar-refractivity contribution in [3.05, 3.63) is 12.2 Å². The molecule has 0 bridgehead atoms. The molecule has 2 amide bonds. The van der Waals surface area contributed by atoms with E-state index in [1.54, 1.807) is 9.80 Å². The Balaban J connectivity index is 2.41. The van der Waals surface area contributed by atoms with Crippen molar-refractivity contribution < 1.29 is 9.59 Å². The van der Waals surface area contributed by atoms with E-state index < -0.39 is 0 Å². The zero-order valence-electron chi connectivity index (χ0n) is 12.1. The molecule has 1 aliphatic heterocycles. The van der Waals surface area contributed by atoms with Crippen molar-refractivity contribution >= 4 is 11.8 Å². The monoisotopic (exact) mass is 267 g/mol. The Morgan fingerprint density at radius 1 is 1.16 bits per heavy atom. The second kappa shape index (κ2) is 7.94. The first-order chi connectivity index (χ1) is 9.08. The number of hydrogen-bond acceptors (Lipinski definition) is 3. The van der Waals surface area contributed by atoms with Crippen LogP contribution < -0.4 is 5.32 Å². The molecule has 0 aromatic rings. The zero-order chi connectivity index (χ0) is 14.3. The quantitative estimate of drug-likeness (QED) is 0.518. The minimum atomic E-state index is 0.0182. The van der Waals surface area contributed by atoms with Gasteiger partial charge >= 0.3 is 0 Å². The van der Waals surface area contributed by atoms with Gasteiger partial charge in [-0.05, 0) is 25.0 Å². The van der Waals surface area contributed by atoms with Crippen LogP contribution in [0.15, 0.2) is 12.2 Å². The predicted octanol–water partition coefficient (Wildman–Crippen LogP) is 0.623. The second-order valence-corrected chi connectivity index (χ2v) is 4.99. The number of hydrogen-bond donors (Lipinski definition) is 1. The Labute approximate surface area is 115 Å². The van der Waals surface area contributed by atoms with E-state index in [4.69, 9.17) is 0 Å². The summed E-state index contributed by atoms with van der Waals surface area (Å²) in [4.78, 5) is 27.1. The summed E-state index contributed by atoms with van der Waals surface area (Å²) in [7, 11) is 0. The highest BCUT2D eigenvalue weighted by Gasteiger charge is 2.29. The minimum absolute atomic E-state index is 0.0182. The highest BCUT2D eigenvalue weighted by Crippen LogP contribution is 2.07. The summed E-state index contributed by atoms with van der Waals surface area (Å²) in [5.41, 5.74) is 0.943. The SMILES string of the molecule is C=C(CNCCC)CN1CC(=O)N(CCC)CC1=O. The van der Waals surface area contributed by atoms with Gasteiger partial charge in [-0.3, -0.25) is 9.59 Å².